The Labute approximate surface area is 91.9 Å². The van der Waals surface area contributed by atoms with E-state index in [1.807, 2.05) is 30.4 Å². The molecule has 0 fully saturated rings. The van der Waals surface area contributed by atoms with Crippen LogP contribution >= 0.6 is 10.9 Å². The highest BCUT2D eigenvalue weighted by Gasteiger charge is 1.96. The second-order valence-electron chi connectivity index (χ2n) is 3.03. The fourth-order valence-corrected chi connectivity index (χ4v) is 2.32. The molecule has 1 aliphatic heterocycles. The van der Waals surface area contributed by atoms with E-state index in [0.717, 1.165) is 11.8 Å². The minimum atomic E-state index is -0.424. The third-order valence-corrected chi connectivity index (χ3v) is 3.37. The molecule has 2 rings (SSSR count). The first-order chi connectivity index (χ1) is 7.40. The summed E-state index contributed by atoms with van der Waals surface area (Å²) in [5.74, 6) is 3.05. The van der Waals surface area contributed by atoms with Crippen molar-refractivity contribution in [2.24, 2.45) is 0 Å². The molecule has 0 unspecified atom stereocenters. The highest BCUT2D eigenvalue weighted by molar-refractivity contribution is 8.26. The second kappa shape index (κ2) is 4.68. The van der Waals surface area contributed by atoms with Crippen molar-refractivity contribution in [3.05, 3.63) is 58.4 Å². The molecule has 2 heteroatoms. The molecule has 0 amide bonds. The maximum atomic E-state index is 10.7. The van der Waals surface area contributed by atoms with Gasteiger partial charge in [0.15, 0.2) is 6.29 Å². The summed E-state index contributed by atoms with van der Waals surface area (Å²) in [4.78, 5) is 10.7. The number of benzene rings is 1. The average Bonchev–Trinajstić information content (AvgIpc) is 2.79. The summed E-state index contributed by atoms with van der Waals surface area (Å²) in [5, 5.41) is 7.33. The van der Waals surface area contributed by atoms with Gasteiger partial charge in [-0.3, -0.25) is 4.79 Å². The second-order valence-corrected chi connectivity index (χ2v) is 4.67. The van der Waals surface area contributed by atoms with Crippen molar-refractivity contribution in [2.75, 3.05) is 0 Å². The molecule has 0 bridgehead atoms. The number of aldehydes is 1. The lowest BCUT2D eigenvalue weighted by Crippen LogP contribution is -1.85. The zero-order chi connectivity index (χ0) is 10.5. The van der Waals surface area contributed by atoms with Gasteiger partial charge < -0.3 is 0 Å². The first kappa shape index (κ1) is 9.82. The summed E-state index contributed by atoms with van der Waals surface area (Å²) in [5.41, 5.74) is 1.47. The Morgan fingerprint density at radius 1 is 1.13 bits per heavy atom. The van der Waals surface area contributed by atoms with Crippen LogP contribution in [0.3, 0.4) is 0 Å². The lowest BCUT2D eigenvalue weighted by atomic mass is 10.1. The van der Waals surface area contributed by atoms with Gasteiger partial charge in [-0.25, -0.2) is 0 Å². The van der Waals surface area contributed by atoms with Crippen LogP contribution in [-0.4, -0.2) is 6.29 Å². The van der Waals surface area contributed by atoms with Crippen LogP contribution in [0, 0.1) is 11.2 Å². The minimum Gasteiger partial charge on any atom is -0.298 e. The Morgan fingerprint density at radius 3 is 2.60 bits per heavy atom. The molecule has 0 aromatic heterocycles. The van der Waals surface area contributed by atoms with Crippen molar-refractivity contribution in [1.29, 1.82) is 0 Å². The molecule has 1 aromatic carbocycles. The van der Waals surface area contributed by atoms with E-state index in [9.17, 15) is 4.79 Å². The first-order valence-electron chi connectivity index (χ1n) is 4.59. The van der Waals surface area contributed by atoms with Crippen molar-refractivity contribution >= 4 is 17.2 Å². The molecule has 1 aromatic rings. The monoisotopic (exact) mass is 214 g/mol. The van der Waals surface area contributed by atoms with Crippen LogP contribution in [0.2, 0.25) is 0 Å². The summed E-state index contributed by atoms with van der Waals surface area (Å²) >= 11 is 0. The lowest BCUT2D eigenvalue weighted by Gasteiger charge is -1.97. The summed E-state index contributed by atoms with van der Waals surface area (Å²) in [6, 6.07) is 7.39. The fraction of sp³-hybridized carbons (Fsp3) is 0. The average molecular weight is 214 g/mol. The molecular formula is C13H10OS. The molecule has 0 N–H and O–H groups in total. The molecular weight excluding hydrogens is 204 g/mol. The minimum absolute atomic E-state index is 0.424. The van der Waals surface area contributed by atoms with Gasteiger partial charge in [0.1, 0.15) is 0 Å². The molecule has 0 aliphatic carbocycles. The third-order valence-electron chi connectivity index (χ3n) is 2.01. The Hall–Kier alpha value is -1.72. The van der Waals surface area contributed by atoms with Crippen LogP contribution in [-0.2, 0) is 0 Å². The van der Waals surface area contributed by atoms with Crippen LogP contribution in [0.4, 0.5) is 0 Å². The van der Waals surface area contributed by atoms with E-state index in [0.29, 0.717) is 5.56 Å². The van der Waals surface area contributed by atoms with Gasteiger partial charge in [0.25, 0.3) is 0 Å². The molecule has 0 saturated heterocycles. The summed E-state index contributed by atoms with van der Waals surface area (Å²) < 4.78 is 0. The van der Waals surface area contributed by atoms with Gasteiger partial charge >= 0.3 is 0 Å². The molecule has 0 saturated carbocycles. The van der Waals surface area contributed by atoms with E-state index < -0.39 is 10.9 Å². The largest absolute Gasteiger partial charge is 0.298 e. The van der Waals surface area contributed by atoms with E-state index >= 15 is 0 Å². The number of thiol groups is 1. The first-order valence-corrected chi connectivity index (χ1v) is 6.07. The Bertz CT molecular complexity index is 477. The number of carbonyl (C=O) groups is 1. The summed E-state index contributed by atoms with van der Waals surface area (Å²) in [6.45, 7) is 0. The molecule has 0 spiro atoms. The maximum Gasteiger partial charge on any atom is 0.151 e. The Morgan fingerprint density at radius 2 is 1.87 bits per heavy atom. The lowest BCUT2D eigenvalue weighted by molar-refractivity contribution is 0.112. The fourth-order valence-electron chi connectivity index (χ4n) is 1.25. The van der Waals surface area contributed by atoms with Crippen LogP contribution in [0.1, 0.15) is 15.9 Å². The molecule has 74 valence electrons. The molecule has 1 aliphatic rings. The molecule has 0 atom stereocenters. The van der Waals surface area contributed by atoms with Gasteiger partial charge in [-0.2, -0.15) is 0 Å². The van der Waals surface area contributed by atoms with Gasteiger partial charge in [-0.05, 0) is 22.1 Å². The van der Waals surface area contributed by atoms with Crippen LogP contribution in [0.25, 0.3) is 0 Å². The summed E-state index contributed by atoms with van der Waals surface area (Å²) in [7, 11) is -0.424. The van der Waals surface area contributed by atoms with E-state index in [1.165, 1.54) is 0 Å². The van der Waals surface area contributed by atoms with E-state index in [2.05, 4.69) is 22.0 Å². The SMILES string of the molecule is O=Cc1ccccc1C#C[SH]1C=CC=C1. The Kier molecular flexibility index (Phi) is 3.06. The highest BCUT2D eigenvalue weighted by Crippen LogP contribution is 2.30. The van der Waals surface area contributed by atoms with Gasteiger partial charge in [-0.1, -0.05) is 36.3 Å². The van der Waals surface area contributed by atoms with Crippen LogP contribution < -0.4 is 0 Å². The topological polar surface area (TPSA) is 17.1 Å². The Balaban J connectivity index is 2.26. The zero-order valence-corrected chi connectivity index (χ0v) is 8.95. The highest BCUT2D eigenvalue weighted by atomic mass is 32.2. The normalized spacial score (nSPS) is 14.8. The molecule has 0 radical (unpaired) electrons. The van der Waals surface area contributed by atoms with E-state index in [1.54, 1.807) is 6.07 Å². The van der Waals surface area contributed by atoms with Crippen LogP contribution in [0.5, 0.6) is 0 Å². The number of hydrogen-bond acceptors (Lipinski definition) is 1. The molecule has 1 nitrogen and oxygen atoms in total. The van der Waals surface area contributed by atoms with Crippen molar-refractivity contribution in [1.82, 2.24) is 0 Å². The molecule has 15 heavy (non-hydrogen) atoms. The predicted molar refractivity (Wildman–Crippen MR) is 66.0 cm³/mol. The van der Waals surface area contributed by atoms with Crippen LogP contribution in [0.15, 0.2) is 47.2 Å². The molecule has 1 heterocycles. The zero-order valence-electron chi connectivity index (χ0n) is 8.05. The van der Waals surface area contributed by atoms with Gasteiger partial charge in [-0.15, -0.1) is 10.9 Å². The van der Waals surface area contributed by atoms with E-state index in [4.69, 9.17) is 0 Å². The van der Waals surface area contributed by atoms with Gasteiger partial charge in [0.05, 0.1) is 0 Å². The van der Waals surface area contributed by atoms with Crippen molar-refractivity contribution in [2.45, 2.75) is 0 Å². The van der Waals surface area contributed by atoms with Crippen molar-refractivity contribution < 1.29 is 4.79 Å². The number of hydrogen-bond donors (Lipinski definition) is 1. The third kappa shape index (κ3) is 2.39. The van der Waals surface area contributed by atoms with Crippen molar-refractivity contribution in [3.8, 4) is 11.2 Å². The number of allylic oxidation sites excluding steroid dienone is 2. The standard InChI is InChI=1S/C13H10OS/c14-11-13-6-2-1-5-12(13)7-10-15-8-3-4-9-15/h1-6,8-9,11,15H. The number of rotatable bonds is 1. The predicted octanol–water partition coefficient (Wildman–Crippen LogP) is 2.85. The van der Waals surface area contributed by atoms with E-state index in [-0.39, 0.29) is 0 Å². The summed E-state index contributed by atoms with van der Waals surface area (Å²) in [6.07, 6.45) is 4.86. The quantitative estimate of drug-likeness (QED) is 0.432. The van der Waals surface area contributed by atoms with Gasteiger partial charge in [0.2, 0.25) is 0 Å². The smallest absolute Gasteiger partial charge is 0.151 e. The number of carbonyl (C=O) groups excluding carboxylic acids is 1. The van der Waals surface area contributed by atoms with Crippen molar-refractivity contribution in [3.63, 3.8) is 0 Å². The maximum absolute atomic E-state index is 10.7. The van der Waals surface area contributed by atoms with Gasteiger partial charge in [0, 0.05) is 11.1 Å².